The molecule has 1 heterocycles. The largest absolute Gasteiger partial charge is 0.497 e. The molecule has 0 spiro atoms. The third kappa shape index (κ3) is 5.94. The molecule has 1 unspecified atom stereocenters. The Morgan fingerprint density at radius 2 is 1.91 bits per heavy atom. The first-order valence-corrected chi connectivity index (χ1v) is 12.1. The molecule has 1 aliphatic carbocycles. The lowest BCUT2D eigenvalue weighted by Crippen LogP contribution is -2.45. The average Bonchev–Trinajstić information content (AvgIpc) is 3.50. The van der Waals surface area contributed by atoms with Crippen LogP contribution in [0.4, 0.5) is 0 Å². The van der Waals surface area contributed by atoms with Crippen LogP contribution in [-0.2, 0) is 4.79 Å². The highest BCUT2D eigenvalue weighted by atomic mass is 16.5. The summed E-state index contributed by atoms with van der Waals surface area (Å²) in [6.45, 7) is 6.37. The average molecular weight is 444 g/mol. The maximum Gasteiger partial charge on any atom is 0.230 e. The van der Waals surface area contributed by atoms with Crippen molar-refractivity contribution >= 4 is 11.9 Å². The van der Waals surface area contributed by atoms with Gasteiger partial charge in [-0.3, -0.25) is 14.7 Å². The summed E-state index contributed by atoms with van der Waals surface area (Å²) in [5.41, 5.74) is 0.900. The van der Waals surface area contributed by atoms with Gasteiger partial charge in [-0.05, 0) is 63.4 Å². The van der Waals surface area contributed by atoms with E-state index < -0.39 is 0 Å². The summed E-state index contributed by atoms with van der Waals surface area (Å²) in [4.78, 5) is 22.1. The maximum atomic E-state index is 12.9. The third-order valence-electron chi connectivity index (χ3n) is 6.83. The Kier molecular flexibility index (Phi) is 8.79. The monoisotopic (exact) mass is 443 g/mol. The Bertz CT molecular complexity index is 767. The van der Waals surface area contributed by atoms with Gasteiger partial charge in [-0.1, -0.05) is 25.0 Å². The summed E-state index contributed by atoms with van der Waals surface area (Å²) >= 11 is 0. The van der Waals surface area contributed by atoms with Crippen molar-refractivity contribution in [3.05, 3.63) is 29.8 Å². The normalized spacial score (nSPS) is 19.6. The molecule has 2 aliphatic rings. The number of ether oxygens (including phenoxy) is 1. The van der Waals surface area contributed by atoms with Crippen LogP contribution in [0.3, 0.4) is 0 Å². The van der Waals surface area contributed by atoms with Gasteiger partial charge in [-0.15, -0.1) is 0 Å². The Morgan fingerprint density at radius 3 is 2.53 bits per heavy atom. The summed E-state index contributed by atoms with van der Waals surface area (Å²) in [6.07, 6.45) is 6.53. The van der Waals surface area contributed by atoms with Crippen molar-refractivity contribution in [3.8, 4) is 5.75 Å². The molecule has 0 aromatic heterocycles. The topological polar surface area (TPSA) is 69.2 Å². The van der Waals surface area contributed by atoms with E-state index in [2.05, 4.69) is 40.7 Å². The second kappa shape index (κ2) is 11.5. The minimum absolute atomic E-state index is 0.209. The molecule has 3 rings (SSSR count). The number of methoxy groups -OCH3 is 1. The van der Waals surface area contributed by atoms with Crippen LogP contribution < -0.4 is 15.4 Å². The first-order valence-electron chi connectivity index (χ1n) is 12.1. The standard InChI is InChI=1S/C25H41N5O2/c1-5-26-24(28-19-25(13-6-7-14-25)23(31)29(2)3)27-18-22(30-15-8-9-16-30)20-11-10-12-21(17-20)32-4/h10-12,17,22H,5-9,13-16,18-19H2,1-4H3,(H2,26,27,28). The van der Waals surface area contributed by atoms with Crippen molar-refractivity contribution < 1.29 is 9.53 Å². The highest BCUT2D eigenvalue weighted by Crippen LogP contribution is 2.39. The zero-order valence-corrected chi connectivity index (χ0v) is 20.3. The number of likely N-dealkylation sites (tertiary alicyclic amines) is 1. The predicted molar refractivity (Wildman–Crippen MR) is 130 cm³/mol. The van der Waals surface area contributed by atoms with Crippen molar-refractivity contribution in [2.75, 3.05) is 53.9 Å². The van der Waals surface area contributed by atoms with E-state index in [1.807, 2.05) is 20.2 Å². The van der Waals surface area contributed by atoms with Gasteiger partial charge in [0.05, 0.1) is 25.1 Å². The molecule has 1 aromatic rings. The van der Waals surface area contributed by atoms with Crippen molar-refractivity contribution in [1.29, 1.82) is 0 Å². The highest BCUT2D eigenvalue weighted by Gasteiger charge is 2.42. The lowest BCUT2D eigenvalue weighted by Gasteiger charge is -2.30. The molecular formula is C25H41N5O2. The van der Waals surface area contributed by atoms with E-state index in [4.69, 9.17) is 9.73 Å². The quantitative estimate of drug-likeness (QED) is 0.454. The second-order valence-electron chi connectivity index (χ2n) is 9.30. The smallest absolute Gasteiger partial charge is 0.230 e. The van der Waals surface area contributed by atoms with Crippen LogP contribution in [0, 0.1) is 5.41 Å². The van der Waals surface area contributed by atoms with Crippen molar-refractivity contribution in [2.45, 2.75) is 51.5 Å². The number of benzene rings is 1. The fourth-order valence-electron chi connectivity index (χ4n) is 5.09. The molecule has 2 fully saturated rings. The number of hydrogen-bond donors (Lipinski definition) is 2. The van der Waals surface area contributed by atoms with Gasteiger partial charge in [-0.2, -0.15) is 0 Å². The Balaban J connectivity index is 1.74. The van der Waals surface area contributed by atoms with Gasteiger partial charge < -0.3 is 20.3 Å². The maximum absolute atomic E-state index is 12.9. The van der Waals surface area contributed by atoms with Crippen molar-refractivity contribution in [2.24, 2.45) is 10.4 Å². The van der Waals surface area contributed by atoms with Crippen LogP contribution in [0.5, 0.6) is 5.75 Å². The molecule has 1 saturated heterocycles. The van der Waals surface area contributed by atoms with Crippen molar-refractivity contribution in [1.82, 2.24) is 20.4 Å². The molecular weight excluding hydrogens is 402 g/mol. The van der Waals surface area contributed by atoms with Gasteiger partial charge in [0.15, 0.2) is 5.96 Å². The molecule has 7 nitrogen and oxygen atoms in total. The Hall–Kier alpha value is -2.28. The highest BCUT2D eigenvalue weighted by molar-refractivity contribution is 5.84. The zero-order chi connectivity index (χ0) is 23.0. The first kappa shape index (κ1) is 24.4. The summed E-state index contributed by atoms with van der Waals surface area (Å²) in [5, 5.41) is 6.96. The van der Waals surface area contributed by atoms with Gasteiger partial charge in [0, 0.05) is 27.2 Å². The van der Waals surface area contributed by atoms with Gasteiger partial charge in [0.1, 0.15) is 5.75 Å². The number of amides is 1. The van der Waals surface area contributed by atoms with Gasteiger partial charge in [0.25, 0.3) is 0 Å². The van der Waals surface area contributed by atoms with E-state index in [0.717, 1.165) is 63.6 Å². The molecule has 2 N–H and O–H groups in total. The predicted octanol–water partition coefficient (Wildman–Crippen LogP) is 3.04. The van der Waals surface area contributed by atoms with Gasteiger partial charge >= 0.3 is 0 Å². The van der Waals surface area contributed by atoms with E-state index in [1.54, 1.807) is 12.0 Å². The molecule has 1 aromatic carbocycles. The molecule has 1 saturated carbocycles. The van der Waals surface area contributed by atoms with Crippen LogP contribution >= 0.6 is 0 Å². The lowest BCUT2D eigenvalue weighted by molar-refractivity contribution is -0.138. The number of carbonyl (C=O) groups excluding carboxylic acids is 1. The van der Waals surface area contributed by atoms with Crippen LogP contribution in [-0.4, -0.2) is 75.6 Å². The molecule has 7 heteroatoms. The fraction of sp³-hybridized carbons (Fsp3) is 0.680. The number of guanidine groups is 1. The number of hydrogen-bond acceptors (Lipinski definition) is 4. The SMILES string of the molecule is CCNC(=NCC1(C(=O)N(C)C)CCCC1)NCC(c1cccc(OC)c1)N1CCCC1. The molecule has 178 valence electrons. The lowest BCUT2D eigenvalue weighted by atomic mass is 9.85. The zero-order valence-electron chi connectivity index (χ0n) is 20.3. The number of carbonyl (C=O) groups is 1. The summed E-state index contributed by atoms with van der Waals surface area (Å²) in [7, 11) is 5.42. The van der Waals surface area contributed by atoms with Crippen LogP contribution in [0.15, 0.2) is 29.3 Å². The molecule has 1 atom stereocenters. The number of aliphatic imine (C=N–C) groups is 1. The molecule has 1 amide bonds. The second-order valence-corrected chi connectivity index (χ2v) is 9.30. The number of nitrogens with one attached hydrogen (secondary N) is 2. The summed E-state index contributed by atoms with van der Waals surface area (Å²) in [6, 6.07) is 8.62. The van der Waals surface area contributed by atoms with E-state index in [1.165, 1.54) is 18.4 Å². The fourth-order valence-corrected chi connectivity index (χ4v) is 5.09. The van der Waals surface area contributed by atoms with Crippen LogP contribution in [0.25, 0.3) is 0 Å². The number of rotatable bonds is 9. The minimum atomic E-state index is -0.354. The Morgan fingerprint density at radius 1 is 1.19 bits per heavy atom. The van der Waals surface area contributed by atoms with Gasteiger partial charge in [0.2, 0.25) is 5.91 Å². The summed E-state index contributed by atoms with van der Waals surface area (Å²) in [5.74, 6) is 1.89. The van der Waals surface area contributed by atoms with E-state index in [9.17, 15) is 4.79 Å². The van der Waals surface area contributed by atoms with E-state index in [-0.39, 0.29) is 17.4 Å². The number of nitrogens with zero attached hydrogens (tertiary/aromatic N) is 3. The van der Waals surface area contributed by atoms with E-state index in [0.29, 0.717) is 6.54 Å². The molecule has 0 bridgehead atoms. The van der Waals surface area contributed by atoms with Crippen LogP contribution in [0.1, 0.15) is 57.1 Å². The van der Waals surface area contributed by atoms with Crippen molar-refractivity contribution in [3.63, 3.8) is 0 Å². The van der Waals surface area contributed by atoms with E-state index >= 15 is 0 Å². The molecule has 32 heavy (non-hydrogen) atoms. The molecule has 1 aliphatic heterocycles. The third-order valence-corrected chi connectivity index (χ3v) is 6.83. The Labute approximate surface area is 193 Å². The first-order chi connectivity index (χ1) is 15.5. The van der Waals surface area contributed by atoms with Crippen LogP contribution in [0.2, 0.25) is 0 Å². The molecule has 0 radical (unpaired) electrons. The van der Waals surface area contributed by atoms with Gasteiger partial charge in [-0.25, -0.2) is 0 Å². The minimum Gasteiger partial charge on any atom is -0.497 e. The summed E-state index contributed by atoms with van der Waals surface area (Å²) < 4.78 is 5.47.